The predicted octanol–water partition coefficient (Wildman–Crippen LogP) is 4.57. The second-order valence-electron chi connectivity index (χ2n) is 6.22. The molecule has 102 valence electrons. The predicted molar refractivity (Wildman–Crippen MR) is 80.8 cm³/mol. The molecule has 2 nitrogen and oxygen atoms in total. The van der Waals surface area contributed by atoms with Gasteiger partial charge in [0.1, 0.15) is 5.82 Å². The number of aryl methyl sites for hydroxylation is 1. The molecule has 0 N–H and O–H groups in total. The standard InChI is InChI=1S/C16H21ClN2/c1-16(2)10-5-8-14(16)19-13-7-4-3-6-12(13)18-15(19)9-11-17/h3-4,6-7,14H,5,8-11H2,1-2H3. The third-order valence-electron chi connectivity index (χ3n) is 4.50. The summed E-state index contributed by atoms with van der Waals surface area (Å²) in [6.45, 7) is 4.76. The van der Waals surface area contributed by atoms with E-state index >= 15 is 0 Å². The van der Waals surface area contributed by atoms with E-state index in [1.165, 1.54) is 24.8 Å². The van der Waals surface area contributed by atoms with Gasteiger partial charge in [0, 0.05) is 18.3 Å². The highest BCUT2D eigenvalue weighted by Gasteiger charge is 2.37. The molecule has 1 aromatic heterocycles. The van der Waals surface area contributed by atoms with Gasteiger partial charge in [0.25, 0.3) is 0 Å². The third-order valence-corrected chi connectivity index (χ3v) is 4.69. The van der Waals surface area contributed by atoms with E-state index in [-0.39, 0.29) is 0 Å². The van der Waals surface area contributed by atoms with Gasteiger partial charge in [-0.3, -0.25) is 0 Å². The number of halogens is 1. The maximum absolute atomic E-state index is 5.96. The van der Waals surface area contributed by atoms with Gasteiger partial charge in [-0.2, -0.15) is 0 Å². The van der Waals surface area contributed by atoms with Crippen LogP contribution < -0.4 is 0 Å². The molecule has 0 radical (unpaired) electrons. The maximum Gasteiger partial charge on any atom is 0.111 e. The first-order chi connectivity index (χ1) is 9.13. The Morgan fingerprint density at radius 1 is 1.37 bits per heavy atom. The number of imidazole rings is 1. The Morgan fingerprint density at radius 3 is 2.84 bits per heavy atom. The summed E-state index contributed by atoms with van der Waals surface area (Å²) in [5.41, 5.74) is 2.72. The summed E-state index contributed by atoms with van der Waals surface area (Å²) < 4.78 is 2.46. The summed E-state index contributed by atoms with van der Waals surface area (Å²) in [4.78, 5) is 4.79. The minimum atomic E-state index is 0.352. The number of alkyl halides is 1. The van der Waals surface area contributed by atoms with Crippen LogP contribution >= 0.6 is 11.6 Å². The fourth-order valence-corrected chi connectivity index (χ4v) is 3.66. The van der Waals surface area contributed by atoms with Crippen LogP contribution in [0, 0.1) is 5.41 Å². The summed E-state index contributed by atoms with van der Waals surface area (Å²) in [6, 6.07) is 9.01. The van der Waals surface area contributed by atoms with E-state index < -0.39 is 0 Å². The van der Waals surface area contributed by atoms with E-state index in [2.05, 4.69) is 42.7 Å². The number of para-hydroxylation sites is 2. The Morgan fingerprint density at radius 2 is 2.16 bits per heavy atom. The van der Waals surface area contributed by atoms with Crippen LogP contribution in [0.4, 0.5) is 0 Å². The second kappa shape index (κ2) is 4.82. The number of hydrogen-bond donors (Lipinski definition) is 0. The number of fused-ring (bicyclic) bond motifs is 1. The molecule has 3 rings (SSSR count). The summed E-state index contributed by atoms with van der Waals surface area (Å²) in [7, 11) is 0. The zero-order valence-corrected chi connectivity index (χ0v) is 12.5. The second-order valence-corrected chi connectivity index (χ2v) is 6.60. The summed E-state index contributed by atoms with van der Waals surface area (Å²) >= 11 is 5.96. The number of nitrogens with zero attached hydrogens (tertiary/aromatic N) is 2. The lowest BCUT2D eigenvalue weighted by Crippen LogP contribution is -2.23. The Kier molecular flexibility index (Phi) is 3.30. The molecule has 0 aliphatic heterocycles. The molecule has 1 saturated carbocycles. The van der Waals surface area contributed by atoms with Crippen LogP contribution in [0.5, 0.6) is 0 Å². The minimum Gasteiger partial charge on any atom is -0.324 e. The molecule has 0 spiro atoms. The normalized spacial score (nSPS) is 22.2. The molecular weight excluding hydrogens is 256 g/mol. The van der Waals surface area contributed by atoms with Gasteiger partial charge < -0.3 is 4.57 Å². The molecule has 19 heavy (non-hydrogen) atoms. The number of benzene rings is 1. The van der Waals surface area contributed by atoms with Gasteiger partial charge in [-0.1, -0.05) is 32.4 Å². The van der Waals surface area contributed by atoms with Gasteiger partial charge in [-0.25, -0.2) is 4.98 Å². The van der Waals surface area contributed by atoms with Crippen LogP contribution in [0.1, 0.15) is 45.0 Å². The lowest BCUT2D eigenvalue weighted by atomic mass is 9.87. The number of rotatable bonds is 3. The molecule has 1 atom stereocenters. The first-order valence-corrected chi connectivity index (χ1v) is 7.69. The third kappa shape index (κ3) is 2.16. The quantitative estimate of drug-likeness (QED) is 0.751. The fraction of sp³-hybridized carbons (Fsp3) is 0.562. The Hall–Kier alpha value is -1.02. The smallest absolute Gasteiger partial charge is 0.111 e. The average Bonchev–Trinajstić information content (AvgIpc) is 2.89. The van der Waals surface area contributed by atoms with Crippen molar-refractivity contribution in [1.82, 2.24) is 9.55 Å². The van der Waals surface area contributed by atoms with Gasteiger partial charge in [0.15, 0.2) is 0 Å². The summed E-state index contributed by atoms with van der Waals surface area (Å²) in [5.74, 6) is 1.78. The lowest BCUT2D eigenvalue weighted by molar-refractivity contribution is 0.261. The first-order valence-electron chi connectivity index (χ1n) is 7.15. The van der Waals surface area contributed by atoms with E-state index in [1.807, 2.05) is 0 Å². The Balaban J connectivity index is 2.17. The van der Waals surface area contributed by atoms with Crippen molar-refractivity contribution in [3.63, 3.8) is 0 Å². The molecular formula is C16H21ClN2. The van der Waals surface area contributed by atoms with Crippen molar-refractivity contribution in [3.8, 4) is 0 Å². The summed E-state index contributed by atoms with van der Waals surface area (Å²) in [5, 5.41) is 0. The van der Waals surface area contributed by atoms with Gasteiger partial charge in [0.2, 0.25) is 0 Å². The van der Waals surface area contributed by atoms with Crippen molar-refractivity contribution in [2.24, 2.45) is 5.41 Å². The van der Waals surface area contributed by atoms with Crippen molar-refractivity contribution in [1.29, 1.82) is 0 Å². The monoisotopic (exact) mass is 276 g/mol. The maximum atomic E-state index is 5.96. The highest BCUT2D eigenvalue weighted by Crippen LogP contribution is 2.47. The number of hydrogen-bond acceptors (Lipinski definition) is 1. The van der Waals surface area contributed by atoms with E-state index in [4.69, 9.17) is 16.6 Å². The molecule has 1 heterocycles. The molecule has 1 aromatic carbocycles. The van der Waals surface area contributed by atoms with Gasteiger partial charge in [-0.05, 0) is 30.4 Å². The summed E-state index contributed by atoms with van der Waals surface area (Å²) in [6.07, 6.45) is 4.71. The van der Waals surface area contributed by atoms with Crippen LogP contribution in [0.3, 0.4) is 0 Å². The van der Waals surface area contributed by atoms with Gasteiger partial charge in [-0.15, -0.1) is 11.6 Å². The number of aromatic nitrogens is 2. The molecule has 1 aliphatic carbocycles. The van der Waals surface area contributed by atoms with Crippen LogP contribution in [0.2, 0.25) is 0 Å². The van der Waals surface area contributed by atoms with Crippen LogP contribution in [-0.2, 0) is 6.42 Å². The molecule has 2 aromatic rings. The van der Waals surface area contributed by atoms with Crippen LogP contribution in [0.15, 0.2) is 24.3 Å². The molecule has 0 saturated heterocycles. The highest BCUT2D eigenvalue weighted by molar-refractivity contribution is 6.17. The molecule has 3 heteroatoms. The largest absolute Gasteiger partial charge is 0.324 e. The molecule has 1 unspecified atom stereocenters. The zero-order chi connectivity index (χ0) is 13.5. The van der Waals surface area contributed by atoms with Crippen molar-refractivity contribution in [3.05, 3.63) is 30.1 Å². The highest BCUT2D eigenvalue weighted by atomic mass is 35.5. The van der Waals surface area contributed by atoms with Crippen molar-refractivity contribution in [2.45, 2.75) is 45.6 Å². The molecule has 0 amide bonds. The SMILES string of the molecule is CC1(C)CCCC1n1c(CCCl)nc2ccccc21. The molecule has 1 aliphatic rings. The van der Waals surface area contributed by atoms with Crippen molar-refractivity contribution >= 4 is 22.6 Å². The molecule has 1 fully saturated rings. The van der Waals surface area contributed by atoms with Crippen LogP contribution in [-0.4, -0.2) is 15.4 Å². The lowest BCUT2D eigenvalue weighted by Gasteiger charge is -2.30. The van der Waals surface area contributed by atoms with Crippen molar-refractivity contribution in [2.75, 3.05) is 5.88 Å². The van der Waals surface area contributed by atoms with Crippen molar-refractivity contribution < 1.29 is 0 Å². The minimum absolute atomic E-state index is 0.352. The van der Waals surface area contributed by atoms with Crippen LogP contribution in [0.25, 0.3) is 11.0 Å². The van der Waals surface area contributed by atoms with Gasteiger partial charge >= 0.3 is 0 Å². The zero-order valence-electron chi connectivity index (χ0n) is 11.7. The molecule has 0 bridgehead atoms. The topological polar surface area (TPSA) is 17.8 Å². The Labute approximate surface area is 119 Å². The Bertz CT molecular complexity index is 585. The van der Waals surface area contributed by atoms with E-state index in [1.54, 1.807) is 0 Å². The fourth-order valence-electron chi connectivity index (χ4n) is 3.49. The first kappa shape index (κ1) is 13.0. The van der Waals surface area contributed by atoms with E-state index in [0.29, 0.717) is 17.3 Å². The van der Waals surface area contributed by atoms with Gasteiger partial charge in [0.05, 0.1) is 11.0 Å². The van der Waals surface area contributed by atoms with E-state index in [9.17, 15) is 0 Å². The average molecular weight is 277 g/mol. The van der Waals surface area contributed by atoms with E-state index in [0.717, 1.165) is 17.8 Å².